The molecule has 1 unspecified atom stereocenters. The van der Waals surface area contributed by atoms with Crippen molar-refractivity contribution in [1.82, 2.24) is 25.3 Å². The number of rotatable bonds is 6. The molecule has 2 aliphatic rings. The standard InChI is InChI=1S/C20H30N6/c1-25-15-17(20(24-25)16-7-3-2-4-8-16)13-21-14-18-9-6-12-26(18)19-10-5-11-22-23-19/h5,10-11,15-16,18,21H,2-4,6-9,12-14H2,1H3. The van der Waals surface area contributed by atoms with Crippen LogP contribution in [0.15, 0.2) is 24.5 Å². The Morgan fingerprint density at radius 2 is 2.04 bits per heavy atom. The first-order chi connectivity index (χ1) is 12.8. The van der Waals surface area contributed by atoms with Gasteiger partial charge in [-0.3, -0.25) is 4.68 Å². The molecule has 6 heteroatoms. The number of nitrogens with one attached hydrogen (secondary N) is 1. The number of aryl methyl sites for hydroxylation is 1. The molecule has 2 fully saturated rings. The first-order valence-electron chi connectivity index (χ1n) is 10.1. The van der Waals surface area contributed by atoms with Gasteiger partial charge in [0.15, 0.2) is 5.82 Å². The van der Waals surface area contributed by atoms with Crippen molar-refractivity contribution in [3.8, 4) is 0 Å². The zero-order valence-corrected chi connectivity index (χ0v) is 15.8. The van der Waals surface area contributed by atoms with Crippen LogP contribution in [0.4, 0.5) is 5.82 Å². The van der Waals surface area contributed by atoms with Crippen LogP contribution in [-0.4, -0.2) is 39.1 Å². The normalized spacial score (nSPS) is 21.4. The second-order valence-corrected chi connectivity index (χ2v) is 7.75. The molecule has 0 spiro atoms. The fraction of sp³-hybridized carbons (Fsp3) is 0.650. The van der Waals surface area contributed by atoms with Gasteiger partial charge in [0, 0.05) is 56.6 Å². The summed E-state index contributed by atoms with van der Waals surface area (Å²) in [5.74, 6) is 1.66. The van der Waals surface area contributed by atoms with Crippen molar-refractivity contribution in [2.24, 2.45) is 7.05 Å². The number of hydrogen-bond donors (Lipinski definition) is 1. The van der Waals surface area contributed by atoms with Crippen LogP contribution in [0, 0.1) is 0 Å². The first-order valence-corrected chi connectivity index (χ1v) is 10.1. The SMILES string of the molecule is Cn1cc(CNCC2CCCN2c2cccnn2)c(C2CCCCC2)n1. The lowest BCUT2D eigenvalue weighted by Gasteiger charge is -2.25. The Kier molecular flexibility index (Phi) is 5.48. The van der Waals surface area contributed by atoms with Gasteiger partial charge in [0.1, 0.15) is 0 Å². The van der Waals surface area contributed by atoms with Crippen molar-refractivity contribution in [1.29, 1.82) is 0 Å². The molecule has 0 bridgehead atoms. The summed E-state index contributed by atoms with van der Waals surface area (Å²) >= 11 is 0. The minimum Gasteiger partial charge on any atom is -0.351 e. The van der Waals surface area contributed by atoms with Crippen LogP contribution in [0.1, 0.15) is 62.1 Å². The van der Waals surface area contributed by atoms with Crippen LogP contribution < -0.4 is 10.2 Å². The highest BCUT2D eigenvalue weighted by molar-refractivity contribution is 5.39. The third-order valence-corrected chi connectivity index (χ3v) is 5.85. The van der Waals surface area contributed by atoms with E-state index in [2.05, 4.69) is 32.7 Å². The lowest BCUT2D eigenvalue weighted by atomic mass is 9.85. The highest BCUT2D eigenvalue weighted by atomic mass is 15.3. The van der Waals surface area contributed by atoms with Crippen molar-refractivity contribution >= 4 is 5.82 Å². The van der Waals surface area contributed by atoms with Gasteiger partial charge in [0.2, 0.25) is 0 Å². The van der Waals surface area contributed by atoms with Crippen LogP contribution >= 0.6 is 0 Å². The van der Waals surface area contributed by atoms with Crippen molar-refractivity contribution in [3.05, 3.63) is 35.8 Å². The monoisotopic (exact) mass is 354 g/mol. The second kappa shape index (κ2) is 8.16. The Bertz CT molecular complexity index is 692. The molecule has 6 nitrogen and oxygen atoms in total. The maximum Gasteiger partial charge on any atom is 0.151 e. The van der Waals surface area contributed by atoms with E-state index in [-0.39, 0.29) is 0 Å². The van der Waals surface area contributed by atoms with E-state index in [1.807, 2.05) is 17.8 Å². The summed E-state index contributed by atoms with van der Waals surface area (Å²) in [6, 6.07) is 4.53. The average Bonchev–Trinajstić information content (AvgIpc) is 3.30. The maximum atomic E-state index is 4.80. The van der Waals surface area contributed by atoms with E-state index in [4.69, 9.17) is 5.10 Å². The average molecular weight is 355 g/mol. The van der Waals surface area contributed by atoms with Gasteiger partial charge in [0.05, 0.1) is 5.69 Å². The molecule has 2 aromatic rings. The van der Waals surface area contributed by atoms with Gasteiger partial charge >= 0.3 is 0 Å². The molecular formula is C20H30N6. The van der Waals surface area contributed by atoms with Crippen LogP contribution in [0.3, 0.4) is 0 Å². The van der Waals surface area contributed by atoms with E-state index in [1.165, 1.54) is 56.2 Å². The van der Waals surface area contributed by atoms with E-state index >= 15 is 0 Å². The fourth-order valence-electron chi connectivity index (χ4n) is 4.58. The van der Waals surface area contributed by atoms with Gasteiger partial charge < -0.3 is 10.2 Å². The topological polar surface area (TPSA) is 58.9 Å². The van der Waals surface area contributed by atoms with Gasteiger partial charge in [-0.05, 0) is 37.8 Å². The van der Waals surface area contributed by atoms with Crippen LogP contribution in [0.5, 0.6) is 0 Å². The van der Waals surface area contributed by atoms with Crippen molar-refractivity contribution in [2.45, 2.75) is 63.5 Å². The highest BCUT2D eigenvalue weighted by Crippen LogP contribution is 2.33. The third kappa shape index (κ3) is 3.90. The Balaban J connectivity index is 1.36. The molecule has 1 N–H and O–H groups in total. The van der Waals surface area contributed by atoms with Gasteiger partial charge in [-0.15, -0.1) is 5.10 Å². The zero-order chi connectivity index (χ0) is 17.8. The highest BCUT2D eigenvalue weighted by Gasteiger charge is 2.26. The summed E-state index contributed by atoms with van der Waals surface area (Å²) in [4.78, 5) is 2.39. The fourth-order valence-corrected chi connectivity index (χ4v) is 4.58. The lowest BCUT2D eigenvalue weighted by molar-refractivity contribution is 0.430. The van der Waals surface area contributed by atoms with Gasteiger partial charge in [0.25, 0.3) is 0 Å². The molecule has 26 heavy (non-hydrogen) atoms. The molecule has 140 valence electrons. The Labute approximate surface area is 156 Å². The van der Waals surface area contributed by atoms with Crippen molar-refractivity contribution in [3.63, 3.8) is 0 Å². The molecule has 1 saturated carbocycles. The molecule has 1 atom stereocenters. The van der Waals surface area contributed by atoms with Crippen LogP contribution in [0.2, 0.25) is 0 Å². The largest absolute Gasteiger partial charge is 0.351 e. The van der Waals surface area contributed by atoms with Gasteiger partial charge in [-0.2, -0.15) is 10.2 Å². The van der Waals surface area contributed by atoms with E-state index < -0.39 is 0 Å². The van der Waals surface area contributed by atoms with E-state index in [0.717, 1.165) is 25.5 Å². The predicted octanol–water partition coefficient (Wildman–Crippen LogP) is 3.02. The van der Waals surface area contributed by atoms with Gasteiger partial charge in [-0.25, -0.2) is 0 Å². The molecule has 3 heterocycles. The maximum absolute atomic E-state index is 4.80. The second-order valence-electron chi connectivity index (χ2n) is 7.75. The van der Waals surface area contributed by atoms with Crippen LogP contribution in [-0.2, 0) is 13.6 Å². The number of nitrogens with zero attached hydrogens (tertiary/aromatic N) is 5. The molecule has 2 aromatic heterocycles. The summed E-state index contributed by atoms with van der Waals surface area (Å²) in [6.45, 7) is 2.96. The molecule has 1 saturated heterocycles. The molecule has 4 rings (SSSR count). The molecule has 1 aliphatic carbocycles. The summed E-state index contributed by atoms with van der Waals surface area (Å²) < 4.78 is 1.99. The van der Waals surface area contributed by atoms with E-state index in [9.17, 15) is 0 Å². The minimum atomic E-state index is 0.501. The quantitative estimate of drug-likeness (QED) is 0.864. The Hall–Kier alpha value is -1.95. The molecule has 0 amide bonds. The van der Waals surface area contributed by atoms with Crippen molar-refractivity contribution < 1.29 is 0 Å². The predicted molar refractivity (Wildman–Crippen MR) is 103 cm³/mol. The first kappa shape index (κ1) is 17.5. The lowest BCUT2D eigenvalue weighted by Crippen LogP contribution is -2.38. The molecule has 0 aromatic carbocycles. The Morgan fingerprint density at radius 1 is 1.15 bits per heavy atom. The Morgan fingerprint density at radius 3 is 2.85 bits per heavy atom. The van der Waals surface area contributed by atoms with E-state index in [0.29, 0.717) is 12.0 Å². The third-order valence-electron chi connectivity index (χ3n) is 5.85. The number of anilines is 1. The van der Waals surface area contributed by atoms with Gasteiger partial charge in [-0.1, -0.05) is 19.3 Å². The molecular weight excluding hydrogens is 324 g/mol. The summed E-state index contributed by atoms with van der Waals surface area (Å²) in [6.07, 6.45) is 13.1. The smallest absolute Gasteiger partial charge is 0.151 e. The molecule has 0 radical (unpaired) electrons. The van der Waals surface area contributed by atoms with Crippen molar-refractivity contribution in [2.75, 3.05) is 18.0 Å². The van der Waals surface area contributed by atoms with Crippen LogP contribution in [0.25, 0.3) is 0 Å². The zero-order valence-electron chi connectivity index (χ0n) is 15.8. The number of aromatic nitrogens is 4. The minimum absolute atomic E-state index is 0.501. The number of hydrogen-bond acceptors (Lipinski definition) is 5. The molecule has 1 aliphatic heterocycles. The summed E-state index contributed by atoms with van der Waals surface area (Å²) in [5.41, 5.74) is 2.71. The van der Waals surface area contributed by atoms with E-state index in [1.54, 1.807) is 6.20 Å². The summed E-state index contributed by atoms with van der Waals surface area (Å²) in [5, 5.41) is 16.8. The summed E-state index contributed by atoms with van der Waals surface area (Å²) in [7, 11) is 2.04.